The molecule has 182 valence electrons. The Kier molecular flexibility index (Phi) is 6.02. The maximum absolute atomic E-state index is 13.3. The second-order valence-corrected chi connectivity index (χ2v) is 10.2. The summed E-state index contributed by atoms with van der Waals surface area (Å²) in [5, 5.41) is 4.44. The molecule has 3 aliphatic rings. The minimum atomic E-state index is -0.896. The van der Waals surface area contributed by atoms with Gasteiger partial charge in [0.15, 0.2) is 0 Å². The molecular weight excluding hydrogens is 430 g/mol. The molecule has 2 atom stereocenters. The average molecular weight is 464 g/mol. The quantitative estimate of drug-likeness (QED) is 0.659. The Bertz CT molecular complexity index is 934. The Hall–Kier alpha value is -2.82. The number of nitrogens with zero attached hydrogens (tertiary/aromatic N) is 5. The Morgan fingerprint density at radius 3 is 2.61 bits per heavy atom. The van der Waals surface area contributed by atoms with Gasteiger partial charge in [-0.15, -0.1) is 0 Å². The lowest BCUT2D eigenvalue weighted by atomic mass is 9.87. The highest BCUT2D eigenvalue weighted by atomic mass is 16.6. The molecule has 0 saturated carbocycles. The number of hydrogen-bond donors (Lipinski definition) is 0. The van der Waals surface area contributed by atoms with Gasteiger partial charge < -0.3 is 19.1 Å². The number of fused-ring (bicyclic) bond motifs is 1. The Morgan fingerprint density at radius 2 is 1.94 bits per heavy atom. The zero-order valence-corrected chi connectivity index (χ0v) is 20.0. The molecule has 3 aliphatic heterocycles. The van der Waals surface area contributed by atoms with Crippen molar-refractivity contribution in [1.82, 2.24) is 19.6 Å². The number of hydrogen-bond acceptors (Lipinski definition) is 7. The fraction of sp³-hybridized carbons (Fsp3) is 0.727. The summed E-state index contributed by atoms with van der Waals surface area (Å²) < 4.78 is 18.2. The van der Waals surface area contributed by atoms with Crippen LogP contribution in [0.3, 0.4) is 0 Å². The molecule has 0 spiro atoms. The number of carbonyl (C=O) groups is 3. The summed E-state index contributed by atoms with van der Waals surface area (Å²) in [6, 6.07) is -0.124. The summed E-state index contributed by atoms with van der Waals surface area (Å²) in [7, 11) is 0. The molecule has 1 aromatic heterocycles. The van der Waals surface area contributed by atoms with Crippen LogP contribution in [-0.2, 0) is 32.1 Å². The van der Waals surface area contributed by atoms with E-state index in [1.807, 2.05) is 34.6 Å². The van der Waals surface area contributed by atoms with Crippen molar-refractivity contribution in [2.24, 2.45) is 5.41 Å². The number of ether oxygens (including phenoxy) is 3. The van der Waals surface area contributed by atoms with Crippen LogP contribution in [-0.4, -0.2) is 88.8 Å². The molecule has 3 amide bonds. The Balaban J connectivity index is 1.57. The number of carbonyl (C=O) groups excluding carboxylic acids is 3. The summed E-state index contributed by atoms with van der Waals surface area (Å²) in [5.41, 5.74) is -0.261. The second-order valence-electron chi connectivity index (χ2n) is 10.2. The van der Waals surface area contributed by atoms with E-state index in [1.165, 1.54) is 4.90 Å². The van der Waals surface area contributed by atoms with Gasteiger partial charge in [0.25, 0.3) is 0 Å². The maximum Gasteiger partial charge on any atom is 0.414 e. The first kappa shape index (κ1) is 23.3. The molecule has 1 aromatic rings. The van der Waals surface area contributed by atoms with Crippen molar-refractivity contribution in [1.29, 1.82) is 0 Å². The number of aromatic nitrogens is 2. The van der Waals surface area contributed by atoms with E-state index in [2.05, 4.69) is 5.10 Å². The summed E-state index contributed by atoms with van der Waals surface area (Å²) in [6.45, 7) is 12.2. The highest BCUT2D eigenvalue weighted by Gasteiger charge is 2.46. The topological polar surface area (TPSA) is 106 Å². The fourth-order valence-corrected chi connectivity index (χ4v) is 4.40. The molecule has 1 unspecified atom stereocenters. The molecule has 0 N–H and O–H groups in total. The first-order chi connectivity index (χ1) is 15.5. The monoisotopic (exact) mass is 463 g/mol. The van der Waals surface area contributed by atoms with Crippen LogP contribution in [0.4, 0.5) is 15.3 Å². The van der Waals surface area contributed by atoms with Gasteiger partial charge in [0, 0.05) is 19.6 Å². The Labute approximate surface area is 193 Å². The van der Waals surface area contributed by atoms with E-state index in [0.717, 1.165) is 0 Å². The summed E-state index contributed by atoms with van der Waals surface area (Å²) >= 11 is 0. The van der Waals surface area contributed by atoms with Crippen LogP contribution < -0.4 is 4.90 Å². The fourth-order valence-electron chi connectivity index (χ4n) is 4.40. The first-order valence-corrected chi connectivity index (χ1v) is 11.3. The highest BCUT2D eigenvalue weighted by Crippen LogP contribution is 2.34. The number of anilines is 1. The number of morpholine rings is 1. The highest BCUT2D eigenvalue weighted by molar-refractivity contribution is 5.93. The van der Waals surface area contributed by atoms with Gasteiger partial charge in [-0.3, -0.25) is 19.3 Å². The zero-order chi connectivity index (χ0) is 24.0. The first-order valence-electron chi connectivity index (χ1n) is 11.3. The van der Waals surface area contributed by atoms with Gasteiger partial charge in [0.2, 0.25) is 5.91 Å². The third-order valence-corrected chi connectivity index (χ3v) is 6.19. The van der Waals surface area contributed by atoms with Crippen LogP contribution in [0.15, 0.2) is 6.20 Å². The van der Waals surface area contributed by atoms with E-state index in [4.69, 9.17) is 14.2 Å². The van der Waals surface area contributed by atoms with Crippen LogP contribution in [0.25, 0.3) is 0 Å². The zero-order valence-electron chi connectivity index (χ0n) is 20.0. The standard InChI is InChI=1S/C22H33N5O6/c1-15-11-27-17(12-25(15)20(30)33-21(2,3)4)16(10-23-27)26-13-22(5,14-32-19(26)29)18(28)24-6-8-31-9-7-24/h10,15H,6-9,11-14H2,1-5H3/t15-,22?/m0/s1. The number of amides is 3. The van der Waals surface area contributed by atoms with Crippen molar-refractivity contribution >= 4 is 23.8 Å². The predicted molar refractivity (Wildman–Crippen MR) is 118 cm³/mol. The van der Waals surface area contributed by atoms with E-state index < -0.39 is 23.2 Å². The molecule has 33 heavy (non-hydrogen) atoms. The number of rotatable bonds is 2. The molecule has 4 rings (SSSR count). The molecular formula is C22H33N5O6. The SMILES string of the molecule is C[C@H]1Cn2ncc(N3CC(C)(C(=O)N4CCOCC4)COC3=O)c2CN1C(=O)OC(C)(C)C. The second kappa shape index (κ2) is 8.51. The molecule has 2 saturated heterocycles. The van der Waals surface area contributed by atoms with E-state index >= 15 is 0 Å². The molecule has 0 radical (unpaired) electrons. The minimum Gasteiger partial charge on any atom is -0.448 e. The molecule has 11 heteroatoms. The lowest BCUT2D eigenvalue weighted by Gasteiger charge is -2.42. The van der Waals surface area contributed by atoms with Crippen molar-refractivity contribution in [3.63, 3.8) is 0 Å². The molecule has 0 aliphatic carbocycles. The van der Waals surface area contributed by atoms with Crippen molar-refractivity contribution in [2.45, 2.75) is 59.4 Å². The van der Waals surface area contributed by atoms with Crippen molar-refractivity contribution in [3.8, 4) is 0 Å². The minimum absolute atomic E-state index is 0.0169. The van der Waals surface area contributed by atoms with Crippen molar-refractivity contribution < 1.29 is 28.6 Å². The Morgan fingerprint density at radius 1 is 1.24 bits per heavy atom. The maximum atomic E-state index is 13.3. The molecule has 11 nitrogen and oxygen atoms in total. The van der Waals surface area contributed by atoms with E-state index in [0.29, 0.717) is 44.2 Å². The van der Waals surface area contributed by atoms with Gasteiger partial charge in [-0.05, 0) is 34.6 Å². The van der Waals surface area contributed by atoms with Gasteiger partial charge in [-0.25, -0.2) is 9.59 Å². The van der Waals surface area contributed by atoms with Crippen LogP contribution in [0.5, 0.6) is 0 Å². The van der Waals surface area contributed by atoms with E-state index in [9.17, 15) is 14.4 Å². The molecule has 0 aromatic carbocycles. The van der Waals surface area contributed by atoms with Gasteiger partial charge >= 0.3 is 12.2 Å². The lowest BCUT2D eigenvalue weighted by molar-refractivity contribution is -0.148. The largest absolute Gasteiger partial charge is 0.448 e. The average Bonchev–Trinajstić information content (AvgIpc) is 3.16. The van der Waals surface area contributed by atoms with Crippen LogP contribution in [0, 0.1) is 5.41 Å². The van der Waals surface area contributed by atoms with Gasteiger partial charge in [-0.2, -0.15) is 5.10 Å². The number of cyclic esters (lactones) is 1. The molecule has 4 heterocycles. The van der Waals surface area contributed by atoms with Crippen LogP contribution >= 0.6 is 0 Å². The van der Waals surface area contributed by atoms with E-state index in [1.54, 1.807) is 20.7 Å². The summed E-state index contributed by atoms with van der Waals surface area (Å²) in [5.74, 6) is -0.0617. The van der Waals surface area contributed by atoms with Crippen molar-refractivity contribution in [2.75, 3.05) is 44.4 Å². The predicted octanol–water partition coefficient (Wildman–Crippen LogP) is 1.84. The van der Waals surface area contributed by atoms with E-state index in [-0.39, 0.29) is 31.6 Å². The third kappa shape index (κ3) is 4.64. The smallest absolute Gasteiger partial charge is 0.414 e. The van der Waals surface area contributed by atoms with Crippen molar-refractivity contribution in [3.05, 3.63) is 11.9 Å². The lowest BCUT2D eigenvalue weighted by Crippen LogP contribution is -2.58. The van der Waals surface area contributed by atoms with Gasteiger partial charge in [0.05, 0.1) is 55.3 Å². The van der Waals surface area contributed by atoms with Gasteiger partial charge in [0.1, 0.15) is 12.2 Å². The molecule has 2 fully saturated rings. The third-order valence-electron chi connectivity index (χ3n) is 6.19. The summed E-state index contributed by atoms with van der Waals surface area (Å²) in [4.78, 5) is 43.7. The van der Waals surface area contributed by atoms with Crippen LogP contribution in [0.2, 0.25) is 0 Å². The van der Waals surface area contributed by atoms with Crippen LogP contribution in [0.1, 0.15) is 40.3 Å². The summed E-state index contributed by atoms with van der Waals surface area (Å²) in [6.07, 6.45) is 0.662. The molecule has 0 bridgehead atoms. The van der Waals surface area contributed by atoms with Gasteiger partial charge in [-0.1, -0.05) is 0 Å². The normalized spacial score (nSPS) is 26.0.